The molecule has 0 aromatic carbocycles. The molecule has 1 heterocycles. The van der Waals surface area contributed by atoms with Crippen LogP contribution >= 0.6 is 7.82 Å². The highest BCUT2D eigenvalue weighted by molar-refractivity contribution is 7.48. The molecule has 16 heavy (non-hydrogen) atoms. The van der Waals surface area contributed by atoms with Gasteiger partial charge < -0.3 is 0 Å². The zero-order chi connectivity index (χ0) is 12.2. The number of rotatable bonds is 6. The Morgan fingerprint density at radius 3 is 1.94 bits per heavy atom. The Bertz CT molecular complexity index is 304. The fourth-order valence-electron chi connectivity index (χ4n) is 1.15. The average molecular weight is 251 g/mol. The van der Waals surface area contributed by atoms with Gasteiger partial charge in [0.05, 0.1) is 13.2 Å². The summed E-state index contributed by atoms with van der Waals surface area (Å²) in [5.41, 5.74) is 0. The Morgan fingerprint density at radius 1 is 1.12 bits per heavy atom. The molecule has 0 bridgehead atoms. The number of nitrogens with zero attached hydrogens (tertiary/aromatic N) is 1. The van der Waals surface area contributed by atoms with Gasteiger partial charge in [0.15, 0.2) is 0 Å². The van der Waals surface area contributed by atoms with Crippen LogP contribution in [0.2, 0.25) is 0 Å². The van der Waals surface area contributed by atoms with Gasteiger partial charge >= 0.3 is 7.82 Å². The molecule has 0 spiro atoms. The van der Waals surface area contributed by atoms with Gasteiger partial charge in [-0.2, -0.15) is 4.62 Å². The minimum Gasteiger partial charge on any atom is -0.286 e. The standard InChI is InChI=1S/C8H14NO6P/c1-3-13-16(12,14-4-2)15-9-7(10)5-6-8(9)11/h3-6H2,1-2H3. The van der Waals surface area contributed by atoms with Crippen molar-refractivity contribution in [3.05, 3.63) is 0 Å². The number of hydrogen-bond acceptors (Lipinski definition) is 6. The summed E-state index contributed by atoms with van der Waals surface area (Å²) in [5, 5.41) is 0.464. The lowest BCUT2D eigenvalue weighted by Gasteiger charge is -2.20. The van der Waals surface area contributed by atoms with E-state index < -0.39 is 19.6 Å². The average Bonchev–Trinajstić information content (AvgIpc) is 2.50. The smallest absolute Gasteiger partial charge is 0.286 e. The zero-order valence-electron chi connectivity index (χ0n) is 9.17. The Hall–Kier alpha value is -0.750. The van der Waals surface area contributed by atoms with Gasteiger partial charge in [-0.1, -0.05) is 0 Å². The largest absolute Gasteiger partial charge is 0.496 e. The van der Waals surface area contributed by atoms with Gasteiger partial charge in [-0.25, -0.2) is 4.57 Å². The highest BCUT2D eigenvalue weighted by Crippen LogP contribution is 2.50. The summed E-state index contributed by atoms with van der Waals surface area (Å²) in [7, 11) is -3.86. The maximum atomic E-state index is 11.8. The number of phosphoric acid groups is 1. The third-order valence-electron chi connectivity index (χ3n) is 1.76. The molecule has 0 aromatic heterocycles. The minimum atomic E-state index is -3.86. The van der Waals surface area contributed by atoms with Crippen LogP contribution in [0.25, 0.3) is 0 Å². The number of phosphoric ester groups is 1. The molecule has 92 valence electrons. The molecule has 0 N–H and O–H groups in total. The molecule has 8 heteroatoms. The van der Waals surface area contributed by atoms with Crippen molar-refractivity contribution in [1.82, 2.24) is 5.06 Å². The highest BCUT2D eigenvalue weighted by Gasteiger charge is 2.38. The molecule has 0 unspecified atom stereocenters. The van der Waals surface area contributed by atoms with Gasteiger partial charge in [0.2, 0.25) is 0 Å². The van der Waals surface area contributed by atoms with E-state index in [1.165, 1.54) is 0 Å². The molecule has 2 amide bonds. The monoisotopic (exact) mass is 251 g/mol. The first-order valence-corrected chi connectivity index (χ1v) is 6.43. The van der Waals surface area contributed by atoms with Crippen LogP contribution in [0.4, 0.5) is 0 Å². The van der Waals surface area contributed by atoms with Crippen molar-refractivity contribution in [1.29, 1.82) is 0 Å². The van der Waals surface area contributed by atoms with E-state index in [0.29, 0.717) is 5.06 Å². The summed E-state index contributed by atoms with van der Waals surface area (Å²) in [6.45, 7) is 3.38. The first kappa shape index (κ1) is 13.3. The molecule has 1 aliphatic heterocycles. The molecule has 0 aliphatic carbocycles. The molecule has 1 saturated heterocycles. The predicted octanol–water partition coefficient (Wildman–Crippen LogP) is 1.25. The fraction of sp³-hybridized carbons (Fsp3) is 0.750. The van der Waals surface area contributed by atoms with Crippen molar-refractivity contribution < 1.29 is 27.8 Å². The first-order chi connectivity index (χ1) is 7.52. The molecule has 0 radical (unpaired) electrons. The number of hydrogen-bond donors (Lipinski definition) is 0. The number of amides is 2. The molecule has 0 aromatic rings. The molecule has 1 aliphatic rings. The van der Waals surface area contributed by atoms with Gasteiger partial charge in [-0.3, -0.25) is 18.6 Å². The van der Waals surface area contributed by atoms with Crippen molar-refractivity contribution in [2.24, 2.45) is 0 Å². The SMILES string of the molecule is CCOP(=O)(OCC)ON1C(=O)CCC1=O. The molecular formula is C8H14NO6P. The van der Waals surface area contributed by atoms with Gasteiger partial charge in [0.1, 0.15) is 0 Å². The number of hydroxylamine groups is 2. The maximum Gasteiger partial charge on any atom is 0.496 e. The van der Waals surface area contributed by atoms with Gasteiger partial charge in [0, 0.05) is 12.8 Å². The van der Waals surface area contributed by atoms with E-state index in [9.17, 15) is 14.2 Å². The lowest BCUT2D eigenvalue weighted by molar-refractivity contribution is -0.169. The normalized spacial score (nSPS) is 17.2. The Morgan fingerprint density at radius 2 is 1.56 bits per heavy atom. The van der Waals surface area contributed by atoms with E-state index in [4.69, 9.17) is 13.7 Å². The summed E-state index contributed by atoms with van der Waals surface area (Å²) in [5.74, 6) is -1.07. The molecular weight excluding hydrogens is 237 g/mol. The van der Waals surface area contributed by atoms with Crippen molar-refractivity contribution in [3.63, 3.8) is 0 Å². The second-order valence-corrected chi connectivity index (χ2v) is 4.52. The topological polar surface area (TPSA) is 82.1 Å². The summed E-state index contributed by atoms with van der Waals surface area (Å²) in [6, 6.07) is 0. The van der Waals surface area contributed by atoms with Crippen molar-refractivity contribution >= 4 is 19.6 Å². The number of carbonyl (C=O) groups is 2. The Labute approximate surface area is 93.2 Å². The third kappa shape index (κ3) is 3.12. The van der Waals surface area contributed by atoms with Gasteiger partial charge in [-0.05, 0) is 13.8 Å². The van der Waals surface area contributed by atoms with Crippen molar-refractivity contribution in [2.45, 2.75) is 26.7 Å². The first-order valence-electron chi connectivity index (χ1n) is 4.97. The van der Waals surface area contributed by atoms with E-state index in [0.717, 1.165) is 0 Å². The van der Waals surface area contributed by atoms with Crippen molar-refractivity contribution in [3.8, 4) is 0 Å². The summed E-state index contributed by atoms with van der Waals surface area (Å²) < 4.78 is 26.2. The van der Waals surface area contributed by atoms with Crippen LogP contribution in [0.1, 0.15) is 26.7 Å². The number of carbonyl (C=O) groups excluding carboxylic acids is 2. The summed E-state index contributed by atoms with van der Waals surface area (Å²) >= 11 is 0. The molecule has 0 atom stereocenters. The van der Waals surface area contributed by atoms with Gasteiger partial charge in [0.25, 0.3) is 11.8 Å². The number of imide groups is 1. The van der Waals surface area contributed by atoms with E-state index in [2.05, 4.69) is 0 Å². The van der Waals surface area contributed by atoms with Crippen molar-refractivity contribution in [2.75, 3.05) is 13.2 Å². The second-order valence-electron chi connectivity index (χ2n) is 2.95. The quantitative estimate of drug-likeness (QED) is 0.522. The third-order valence-corrected chi connectivity index (χ3v) is 3.27. The molecule has 1 rings (SSSR count). The minimum absolute atomic E-state index is 0.0527. The lowest BCUT2D eigenvalue weighted by Crippen LogP contribution is -2.28. The summed E-state index contributed by atoms with van der Waals surface area (Å²) in [4.78, 5) is 22.4. The lowest BCUT2D eigenvalue weighted by atomic mass is 10.4. The molecule has 0 saturated carbocycles. The van der Waals surface area contributed by atoms with Gasteiger partial charge in [-0.15, -0.1) is 5.06 Å². The van der Waals surface area contributed by atoms with Crippen LogP contribution < -0.4 is 0 Å². The van der Waals surface area contributed by atoms with Crippen LogP contribution in [0.5, 0.6) is 0 Å². The zero-order valence-corrected chi connectivity index (χ0v) is 10.1. The van der Waals surface area contributed by atoms with Crippen LogP contribution in [0.15, 0.2) is 0 Å². The van der Waals surface area contributed by atoms with E-state index in [1.54, 1.807) is 13.8 Å². The van der Waals surface area contributed by atoms with Crippen LogP contribution in [-0.2, 0) is 27.8 Å². The Kier molecular flexibility index (Phi) is 4.61. The van der Waals surface area contributed by atoms with Crippen LogP contribution in [-0.4, -0.2) is 30.1 Å². The highest BCUT2D eigenvalue weighted by atomic mass is 31.2. The van der Waals surface area contributed by atoms with Crippen LogP contribution in [0.3, 0.4) is 0 Å². The molecule has 1 fully saturated rings. The van der Waals surface area contributed by atoms with E-state index in [1.807, 2.05) is 0 Å². The predicted molar refractivity (Wildman–Crippen MR) is 53.0 cm³/mol. The summed E-state index contributed by atoms with van der Waals surface area (Å²) in [6.07, 6.45) is 0.105. The van der Waals surface area contributed by atoms with E-state index >= 15 is 0 Å². The van der Waals surface area contributed by atoms with E-state index in [-0.39, 0.29) is 26.1 Å². The second kappa shape index (κ2) is 5.54. The van der Waals surface area contributed by atoms with Crippen LogP contribution in [0, 0.1) is 0 Å². The molecule has 7 nitrogen and oxygen atoms in total. The fourth-order valence-corrected chi connectivity index (χ4v) is 2.33. The Balaban J connectivity index is 2.71. The maximum absolute atomic E-state index is 11.8.